The third kappa shape index (κ3) is 18.2. The molecule has 110 valence electrons. The van der Waals surface area contributed by atoms with E-state index in [9.17, 15) is 4.79 Å². The molecule has 0 atom stereocenters. The fourth-order valence-electron chi connectivity index (χ4n) is 1.20. The quantitative estimate of drug-likeness (QED) is 0.278. The molecule has 0 fully saturated rings. The number of unbranched alkanes of at least 4 members (excludes halogenated alkanes) is 5. The van der Waals surface area contributed by atoms with Gasteiger partial charge in [-0.05, 0) is 25.5 Å². The first-order valence-corrected chi connectivity index (χ1v) is 6.34. The minimum atomic E-state index is -0.599. The van der Waals surface area contributed by atoms with E-state index in [1.54, 1.807) is 0 Å². The second-order valence-corrected chi connectivity index (χ2v) is 3.88. The Morgan fingerprint density at radius 1 is 1.00 bits per heavy atom. The second-order valence-electron chi connectivity index (χ2n) is 3.43. The molecular weight excluding hydrogens is 297 g/mol. The molecule has 0 saturated heterocycles. The summed E-state index contributed by atoms with van der Waals surface area (Å²) in [5, 5.41) is 6.85. The first-order valence-electron chi connectivity index (χ1n) is 5.70. The van der Waals surface area contributed by atoms with Crippen LogP contribution in [0, 0.1) is 5.41 Å². The van der Waals surface area contributed by atoms with Crippen molar-refractivity contribution in [3.05, 3.63) is 0 Å². The van der Waals surface area contributed by atoms with Crippen LogP contribution in [0.4, 0.5) is 4.79 Å². The van der Waals surface area contributed by atoms with Gasteiger partial charge < -0.3 is 14.9 Å². The fourth-order valence-corrected chi connectivity index (χ4v) is 1.30. The van der Waals surface area contributed by atoms with Gasteiger partial charge in [0.25, 0.3) is 0 Å². The maximum Gasteiger partial charge on any atom is 0.508 e. The lowest BCUT2D eigenvalue weighted by atomic mass is 10.1. The summed E-state index contributed by atoms with van der Waals surface area (Å²) in [7, 11) is 0. The summed E-state index contributed by atoms with van der Waals surface area (Å²) in [5.74, 6) is 0.516. The van der Waals surface area contributed by atoms with Crippen LogP contribution in [0.2, 0.25) is 0 Å². The van der Waals surface area contributed by atoms with Crippen LogP contribution in [0.25, 0.3) is 0 Å². The fraction of sp³-hybridized carbons (Fsp3) is 0.818. The number of halogens is 2. The Kier molecular flexibility index (Phi) is 24.6. The van der Waals surface area contributed by atoms with E-state index in [0.717, 1.165) is 38.5 Å². The normalized spacial score (nSPS) is 8.72. The Balaban J connectivity index is -0.00000112. The standard InChI is InChI=1S/C11H21NO3S.2ClH/c12-7-5-3-1-2-4-6-8-14-11(13)15-9-10-16;;/h7,12,16H,1-6,8-10H2;2*1H. The average molecular weight is 320 g/mol. The SMILES string of the molecule is Cl.Cl.N=CCCCCCCCOC(=O)OCCS. The molecule has 0 aromatic carbocycles. The Morgan fingerprint density at radius 2 is 1.56 bits per heavy atom. The molecule has 18 heavy (non-hydrogen) atoms. The molecule has 0 amide bonds. The Hall–Kier alpha value is -0.130. The summed E-state index contributed by atoms with van der Waals surface area (Å²) >= 11 is 3.91. The number of carbonyl (C=O) groups is 1. The molecule has 0 unspecified atom stereocenters. The van der Waals surface area contributed by atoms with Crippen molar-refractivity contribution in [3.63, 3.8) is 0 Å². The molecule has 7 heteroatoms. The highest BCUT2D eigenvalue weighted by Gasteiger charge is 2.01. The van der Waals surface area contributed by atoms with Crippen molar-refractivity contribution in [3.8, 4) is 0 Å². The van der Waals surface area contributed by atoms with Crippen molar-refractivity contribution in [2.75, 3.05) is 19.0 Å². The molecule has 0 bridgehead atoms. The van der Waals surface area contributed by atoms with Crippen molar-refractivity contribution in [2.24, 2.45) is 0 Å². The van der Waals surface area contributed by atoms with E-state index < -0.39 is 6.16 Å². The van der Waals surface area contributed by atoms with Gasteiger partial charge in [-0.2, -0.15) is 12.6 Å². The Labute approximate surface area is 127 Å². The van der Waals surface area contributed by atoms with Gasteiger partial charge >= 0.3 is 6.16 Å². The molecule has 0 aliphatic heterocycles. The molecule has 0 aromatic rings. The zero-order valence-corrected chi connectivity index (χ0v) is 13.0. The van der Waals surface area contributed by atoms with Crippen molar-refractivity contribution in [1.29, 1.82) is 5.41 Å². The van der Waals surface area contributed by atoms with Crippen molar-refractivity contribution < 1.29 is 14.3 Å². The number of carbonyl (C=O) groups excluding carboxylic acids is 1. The molecule has 0 aliphatic rings. The predicted octanol–water partition coefficient (Wildman–Crippen LogP) is 3.90. The monoisotopic (exact) mass is 319 g/mol. The molecule has 0 rings (SSSR count). The maximum absolute atomic E-state index is 10.9. The lowest BCUT2D eigenvalue weighted by Gasteiger charge is -2.04. The molecule has 1 N–H and O–H groups in total. The highest BCUT2D eigenvalue weighted by molar-refractivity contribution is 7.80. The highest BCUT2D eigenvalue weighted by atomic mass is 35.5. The summed E-state index contributed by atoms with van der Waals surface area (Å²) in [6.45, 7) is 0.724. The second kappa shape index (κ2) is 19.2. The molecule has 0 aromatic heterocycles. The number of rotatable bonds is 10. The smallest absolute Gasteiger partial charge is 0.434 e. The summed E-state index contributed by atoms with van der Waals surface area (Å²) in [5.41, 5.74) is 0. The van der Waals surface area contributed by atoms with Gasteiger partial charge in [0.2, 0.25) is 0 Å². The van der Waals surface area contributed by atoms with Crippen molar-refractivity contribution in [1.82, 2.24) is 0 Å². The van der Waals surface area contributed by atoms with Gasteiger partial charge in [-0.3, -0.25) is 0 Å². The minimum absolute atomic E-state index is 0. The first kappa shape index (κ1) is 23.0. The van der Waals surface area contributed by atoms with Crippen LogP contribution in [0.3, 0.4) is 0 Å². The van der Waals surface area contributed by atoms with E-state index in [1.807, 2.05) is 0 Å². The van der Waals surface area contributed by atoms with Gasteiger partial charge in [0.1, 0.15) is 6.61 Å². The molecular formula is C11H23Cl2NO3S. The van der Waals surface area contributed by atoms with Crippen LogP contribution in [0.15, 0.2) is 0 Å². The van der Waals surface area contributed by atoms with Crippen LogP contribution in [0.5, 0.6) is 0 Å². The third-order valence-electron chi connectivity index (χ3n) is 2.02. The number of hydrogen-bond acceptors (Lipinski definition) is 5. The van der Waals surface area contributed by atoms with Crippen molar-refractivity contribution in [2.45, 2.75) is 38.5 Å². The van der Waals surface area contributed by atoms with Crippen LogP contribution in [-0.4, -0.2) is 31.3 Å². The third-order valence-corrected chi connectivity index (χ3v) is 2.21. The van der Waals surface area contributed by atoms with Gasteiger partial charge in [-0.1, -0.05) is 19.3 Å². The summed E-state index contributed by atoms with van der Waals surface area (Å²) in [4.78, 5) is 10.9. The maximum atomic E-state index is 10.9. The summed E-state index contributed by atoms with van der Waals surface area (Å²) in [6.07, 6.45) is 6.99. The molecule has 0 radical (unpaired) electrons. The van der Waals surface area contributed by atoms with E-state index in [0.29, 0.717) is 19.0 Å². The van der Waals surface area contributed by atoms with Gasteiger partial charge in [-0.25, -0.2) is 4.79 Å². The lowest BCUT2D eigenvalue weighted by Crippen LogP contribution is -2.09. The number of ether oxygens (including phenoxy) is 2. The van der Waals surface area contributed by atoms with E-state index in [1.165, 1.54) is 6.21 Å². The number of hydrogen-bond donors (Lipinski definition) is 2. The Morgan fingerprint density at radius 3 is 2.17 bits per heavy atom. The minimum Gasteiger partial charge on any atom is -0.434 e. The van der Waals surface area contributed by atoms with Crippen LogP contribution in [0.1, 0.15) is 38.5 Å². The van der Waals surface area contributed by atoms with Crippen LogP contribution < -0.4 is 0 Å². The average Bonchev–Trinajstić information content (AvgIpc) is 2.30. The van der Waals surface area contributed by atoms with E-state index in [2.05, 4.69) is 17.4 Å². The Bertz CT molecular complexity index is 197. The lowest BCUT2D eigenvalue weighted by molar-refractivity contribution is 0.0586. The molecule has 4 nitrogen and oxygen atoms in total. The van der Waals surface area contributed by atoms with E-state index in [4.69, 9.17) is 10.1 Å². The van der Waals surface area contributed by atoms with Crippen LogP contribution in [-0.2, 0) is 9.47 Å². The summed E-state index contributed by atoms with van der Waals surface area (Å²) in [6, 6.07) is 0. The zero-order chi connectivity index (χ0) is 12.1. The van der Waals surface area contributed by atoms with Gasteiger partial charge in [0.05, 0.1) is 6.61 Å². The molecule has 0 saturated carbocycles. The van der Waals surface area contributed by atoms with Crippen LogP contribution >= 0.6 is 37.4 Å². The highest BCUT2D eigenvalue weighted by Crippen LogP contribution is 2.04. The number of nitrogens with one attached hydrogen (secondary N) is 1. The van der Waals surface area contributed by atoms with Crippen molar-refractivity contribution >= 4 is 49.8 Å². The molecule has 0 spiro atoms. The largest absolute Gasteiger partial charge is 0.508 e. The molecule has 0 aliphatic carbocycles. The van der Waals surface area contributed by atoms with Gasteiger partial charge in [-0.15, -0.1) is 24.8 Å². The number of thiol groups is 1. The topological polar surface area (TPSA) is 59.4 Å². The molecule has 0 heterocycles. The van der Waals surface area contributed by atoms with E-state index >= 15 is 0 Å². The predicted molar refractivity (Wildman–Crippen MR) is 82.1 cm³/mol. The van der Waals surface area contributed by atoms with E-state index in [-0.39, 0.29) is 24.8 Å². The van der Waals surface area contributed by atoms with Gasteiger partial charge in [0.15, 0.2) is 0 Å². The zero-order valence-electron chi connectivity index (χ0n) is 10.4. The first-order chi connectivity index (χ1) is 7.81. The van der Waals surface area contributed by atoms with Gasteiger partial charge in [0, 0.05) is 5.75 Å². The summed E-state index contributed by atoms with van der Waals surface area (Å²) < 4.78 is 9.53.